The molecule has 26 heavy (non-hydrogen) atoms. The third-order valence-electron chi connectivity index (χ3n) is 3.57. The summed E-state index contributed by atoms with van der Waals surface area (Å²) in [4.78, 5) is 22.7. The number of anilines is 1. The molecule has 0 unspecified atom stereocenters. The molecule has 7 nitrogen and oxygen atoms in total. The predicted molar refractivity (Wildman–Crippen MR) is 98.9 cm³/mol. The van der Waals surface area contributed by atoms with E-state index in [1.54, 1.807) is 24.3 Å². The van der Waals surface area contributed by atoms with Gasteiger partial charge >= 0.3 is 12.0 Å². The second-order valence-corrected chi connectivity index (χ2v) is 5.35. The van der Waals surface area contributed by atoms with Crippen LogP contribution in [0.2, 0.25) is 0 Å². The van der Waals surface area contributed by atoms with Crippen LogP contribution < -0.4 is 10.7 Å². The van der Waals surface area contributed by atoms with Crippen molar-refractivity contribution >= 4 is 23.9 Å². The van der Waals surface area contributed by atoms with Crippen LogP contribution in [-0.4, -0.2) is 27.9 Å². The fourth-order valence-electron chi connectivity index (χ4n) is 2.34. The van der Waals surface area contributed by atoms with Crippen molar-refractivity contribution in [1.82, 2.24) is 9.99 Å². The Morgan fingerprint density at radius 2 is 1.69 bits per heavy atom. The molecular weight excluding hydrogens is 332 g/mol. The topological polar surface area (TPSA) is 95.7 Å². The number of nitrogens with zero attached hydrogens (tertiary/aromatic N) is 2. The monoisotopic (exact) mass is 348 g/mol. The lowest BCUT2D eigenvalue weighted by Gasteiger charge is -2.07. The maximum atomic E-state index is 11.8. The number of carbonyl (C=O) groups excluding carboxylic acids is 1. The van der Waals surface area contributed by atoms with Gasteiger partial charge in [0, 0.05) is 17.6 Å². The third-order valence-corrected chi connectivity index (χ3v) is 3.57. The quantitative estimate of drug-likeness (QED) is 0.487. The number of carboxylic acid groups (broad SMARTS) is 1. The molecule has 1 heterocycles. The van der Waals surface area contributed by atoms with Crippen molar-refractivity contribution in [3.63, 3.8) is 0 Å². The van der Waals surface area contributed by atoms with Crippen LogP contribution in [0.1, 0.15) is 16.1 Å². The highest BCUT2D eigenvalue weighted by Crippen LogP contribution is 2.13. The van der Waals surface area contributed by atoms with Crippen LogP contribution in [0.5, 0.6) is 0 Å². The van der Waals surface area contributed by atoms with E-state index in [2.05, 4.69) is 15.8 Å². The van der Waals surface area contributed by atoms with E-state index in [4.69, 9.17) is 5.11 Å². The molecule has 0 aliphatic rings. The molecule has 1 aromatic heterocycles. The molecular formula is C19H16N4O3. The summed E-state index contributed by atoms with van der Waals surface area (Å²) in [6.07, 6.45) is 3.33. The molecule has 0 bridgehead atoms. The van der Waals surface area contributed by atoms with Gasteiger partial charge in [-0.3, -0.25) is 0 Å². The van der Waals surface area contributed by atoms with Crippen LogP contribution in [0.3, 0.4) is 0 Å². The van der Waals surface area contributed by atoms with Crippen LogP contribution >= 0.6 is 0 Å². The van der Waals surface area contributed by atoms with E-state index >= 15 is 0 Å². The first kappa shape index (κ1) is 17.0. The first-order valence-electron chi connectivity index (χ1n) is 7.80. The molecule has 3 N–H and O–H groups in total. The molecule has 0 aliphatic carbocycles. The normalized spacial score (nSPS) is 10.6. The number of rotatable bonds is 5. The van der Waals surface area contributed by atoms with Crippen molar-refractivity contribution in [1.29, 1.82) is 0 Å². The Labute approximate surface area is 149 Å². The second-order valence-electron chi connectivity index (χ2n) is 5.35. The van der Waals surface area contributed by atoms with Gasteiger partial charge in [-0.05, 0) is 48.5 Å². The summed E-state index contributed by atoms with van der Waals surface area (Å²) in [7, 11) is 0. The summed E-state index contributed by atoms with van der Waals surface area (Å²) in [6, 6.07) is 18.7. The zero-order valence-electron chi connectivity index (χ0n) is 13.7. The predicted octanol–water partition coefficient (Wildman–Crippen LogP) is 3.33. The Morgan fingerprint density at radius 1 is 0.962 bits per heavy atom. The Morgan fingerprint density at radius 3 is 2.38 bits per heavy atom. The number of carbonyl (C=O) groups is 2. The van der Waals surface area contributed by atoms with Crippen molar-refractivity contribution in [2.24, 2.45) is 5.10 Å². The first-order valence-corrected chi connectivity index (χ1v) is 7.80. The van der Waals surface area contributed by atoms with Gasteiger partial charge in [0.05, 0.1) is 17.5 Å². The highest BCUT2D eigenvalue weighted by Gasteiger charge is 2.05. The smallest absolute Gasteiger partial charge is 0.339 e. The fourth-order valence-corrected chi connectivity index (χ4v) is 2.34. The Hall–Kier alpha value is -3.87. The average molecular weight is 348 g/mol. The number of hydrazone groups is 1. The van der Waals surface area contributed by atoms with E-state index in [-0.39, 0.29) is 5.56 Å². The molecule has 130 valence electrons. The lowest BCUT2D eigenvalue weighted by Crippen LogP contribution is -2.24. The van der Waals surface area contributed by atoms with Crippen molar-refractivity contribution in [3.8, 4) is 5.69 Å². The number of urea groups is 1. The molecule has 0 spiro atoms. The molecule has 2 amide bonds. The zero-order valence-corrected chi connectivity index (χ0v) is 13.7. The summed E-state index contributed by atoms with van der Waals surface area (Å²) in [5.41, 5.74) is 4.80. The van der Waals surface area contributed by atoms with E-state index in [0.29, 0.717) is 5.69 Å². The average Bonchev–Trinajstić information content (AvgIpc) is 3.11. The number of benzene rings is 2. The summed E-state index contributed by atoms with van der Waals surface area (Å²) in [6.45, 7) is 0. The van der Waals surface area contributed by atoms with Crippen molar-refractivity contribution < 1.29 is 14.7 Å². The minimum atomic E-state index is -0.973. The molecule has 0 aliphatic heterocycles. The van der Waals surface area contributed by atoms with E-state index in [9.17, 15) is 9.59 Å². The summed E-state index contributed by atoms with van der Waals surface area (Å²) in [5.74, 6) is -0.973. The fraction of sp³-hybridized carbons (Fsp3) is 0. The van der Waals surface area contributed by atoms with Crippen molar-refractivity contribution in [3.05, 3.63) is 84.2 Å². The number of amides is 2. The molecule has 0 fully saturated rings. The van der Waals surface area contributed by atoms with Gasteiger partial charge < -0.3 is 15.0 Å². The maximum absolute atomic E-state index is 11.8. The second kappa shape index (κ2) is 7.80. The lowest BCUT2D eigenvalue weighted by molar-refractivity contribution is 0.0697. The van der Waals surface area contributed by atoms with E-state index in [1.807, 2.05) is 41.1 Å². The molecule has 3 aromatic rings. The summed E-state index contributed by atoms with van der Waals surface area (Å²) >= 11 is 0. The molecule has 2 aromatic carbocycles. The van der Waals surface area contributed by atoms with Crippen molar-refractivity contribution in [2.75, 3.05) is 5.32 Å². The Balaban J connectivity index is 1.66. The molecule has 0 radical (unpaired) electrons. The zero-order chi connectivity index (χ0) is 18.4. The minimum Gasteiger partial charge on any atom is -0.478 e. The van der Waals surface area contributed by atoms with E-state index in [1.165, 1.54) is 18.3 Å². The Kier molecular flexibility index (Phi) is 5.09. The SMILES string of the molecule is O=C(NN=Cc1cccn1-c1ccc(C(=O)O)cc1)Nc1ccccc1. The number of aromatic carboxylic acids is 1. The van der Waals surface area contributed by atoms with Crippen LogP contribution in [0.25, 0.3) is 5.69 Å². The van der Waals surface area contributed by atoms with E-state index < -0.39 is 12.0 Å². The van der Waals surface area contributed by atoms with Crippen LogP contribution in [0.15, 0.2) is 78.0 Å². The third kappa shape index (κ3) is 4.15. The van der Waals surface area contributed by atoms with Crippen LogP contribution in [-0.2, 0) is 0 Å². The lowest BCUT2D eigenvalue weighted by atomic mass is 10.2. The number of nitrogens with one attached hydrogen (secondary N) is 2. The number of aromatic nitrogens is 1. The largest absolute Gasteiger partial charge is 0.478 e. The molecule has 0 atom stereocenters. The van der Waals surface area contributed by atoms with Gasteiger partial charge in [0.25, 0.3) is 0 Å². The van der Waals surface area contributed by atoms with Gasteiger partial charge in [-0.1, -0.05) is 18.2 Å². The first-order chi connectivity index (χ1) is 12.6. The highest BCUT2D eigenvalue weighted by molar-refractivity contribution is 5.90. The van der Waals surface area contributed by atoms with E-state index in [0.717, 1.165) is 11.4 Å². The number of hydrogen-bond donors (Lipinski definition) is 3. The van der Waals surface area contributed by atoms with Crippen LogP contribution in [0.4, 0.5) is 10.5 Å². The van der Waals surface area contributed by atoms with Gasteiger partial charge in [0.2, 0.25) is 0 Å². The number of hydrogen-bond acceptors (Lipinski definition) is 3. The molecule has 0 saturated carbocycles. The highest BCUT2D eigenvalue weighted by atomic mass is 16.4. The molecule has 7 heteroatoms. The maximum Gasteiger partial charge on any atom is 0.339 e. The van der Waals surface area contributed by atoms with Gasteiger partial charge in [-0.2, -0.15) is 5.10 Å². The standard InChI is InChI=1S/C19H16N4O3/c24-18(25)14-8-10-16(11-9-14)23-12-4-7-17(23)13-20-22-19(26)21-15-5-2-1-3-6-15/h1-13H,(H,24,25)(H2,21,22,26). The number of para-hydroxylation sites is 1. The summed E-state index contributed by atoms with van der Waals surface area (Å²) < 4.78 is 1.83. The number of carboxylic acids is 1. The minimum absolute atomic E-state index is 0.218. The van der Waals surface area contributed by atoms with Crippen molar-refractivity contribution in [2.45, 2.75) is 0 Å². The summed E-state index contributed by atoms with van der Waals surface area (Å²) in [5, 5.41) is 15.6. The van der Waals surface area contributed by atoms with Gasteiger partial charge in [0.15, 0.2) is 0 Å². The molecule has 0 saturated heterocycles. The van der Waals surface area contributed by atoms with Crippen LogP contribution in [0, 0.1) is 0 Å². The van der Waals surface area contributed by atoms with Gasteiger partial charge in [0.1, 0.15) is 0 Å². The molecule has 3 rings (SSSR count). The Bertz CT molecular complexity index is 931. The van der Waals surface area contributed by atoms with Gasteiger partial charge in [-0.25, -0.2) is 15.0 Å². The van der Waals surface area contributed by atoms with Gasteiger partial charge in [-0.15, -0.1) is 0 Å².